The smallest absolute Gasteiger partial charge is 0.243 e. The third-order valence-corrected chi connectivity index (χ3v) is 10.9. The lowest BCUT2D eigenvalue weighted by Gasteiger charge is -2.57. The molecule has 1 aliphatic heterocycles. The normalized spacial score (nSPS) is 28.2. The molecule has 0 saturated heterocycles. The maximum atomic E-state index is 13.5. The standard InChI is InChI=1S/C29H33N5O3S/c35-38(36,24-6-4-23(5-7-24)37-27-3-1-2-9-30-27)34-10-8-25-26(17-34)32-19-33-28(25)31-18-29-14-20-11-21(15-29)13-22(12-20)16-29/h1-7,9,19-22H,8,10-18H2,(H,31,32,33). The second-order valence-corrected chi connectivity index (χ2v) is 13.7. The fourth-order valence-electron chi connectivity index (χ4n) is 7.82. The van der Waals surface area contributed by atoms with E-state index in [0.29, 0.717) is 30.0 Å². The molecule has 9 heteroatoms. The molecule has 38 heavy (non-hydrogen) atoms. The first-order chi connectivity index (χ1) is 18.5. The molecule has 4 aliphatic carbocycles. The van der Waals surface area contributed by atoms with Gasteiger partial charge >= 0.3 is 0 Å². The Morgan fingerprint density at radius 3 is 2.37 bits per heavy atom. The maximum absolute atomic E-state index is 13.5. The van der Waals surface area contributed by atoms with Crippen LogP contribution in [0.4, 0.5) is 5.82 Å². The molecule has 1 N–H and O–H groups in total. The zero-order chi connectivity index (χ0) is 25.7. The van der Waals surface area contributed by atoms with Gasteiger partial charge in [-0.25, -0.2) is 23.4 Å². The largest absolute Gasteiger partial charge is 0.439 e. The van der Waals surface area contributed by atoms with Gasteiger partial charge in [-0.3, -0.25) is 0 Å². The Hall–Kier alpha value is -3.04. The molecule has 4 fully saturated rings. The average molecular weight is 532 g/mol. The summed E-state index contributed by atoms with van der Waals surface area (Å²) < 4.78 is 34.1. The third-order valence-electron chi connectivity index (χ3n) is 9.09. The first-order valence-electron chi connectivity index (χ1n) is 13.7. The van der Waals surface area contributed by atoms with E-state index in [1.165, 1.54) is 42.8 Å². The number of hydrogen-bond acceptors (Lipinski definition) is 7. The molecule has 0 unspecified atom stereocenters. The third kappa shape index (κ3) is 4.45. The van der Waals surface area contributed by atoms with Crippen LogP contribution in [0.5, 0.6) is 11.6 Å². The molecule has 4 saturated carbocycles. The van der Waals surface area contributed by atoms with Crippen LogP contribution in [-0.2, 0) is 23.0 Å². The number of rotatable bonds is 7. The van der Waals surface area contributed by atoms with Gasteiger partial charge in [0.05, 0.1) is 17.1 Å². The van der Waals surface area contributed by atoms with Crippen molar-refractivity contribution >= 4 is 15.8 Å². The molecule has 3 aromatic rings. The number of fused-ring (bicyclic) bond motifs is 1. The van der Waals surface area contributed by atoms with Gasteiger partial charge in [-0.1, -0.05) is 6.07 Å². The minimum Gasteiger partial charge on any atom is -0.439 e. The van der Waals surface area contributed by atoms with Crippen LogP contribution < -0.4 is 10.1 Å². The summed E-state index contributed by atoms with van der Waals surface area (Å²) in [5.74, 6) is 4.63. The van der Waals surface area contributed by atoms with Crippen LogP contribution in [0.1, 0.15) is 49.8 Å². The second-order valence-electron chi connectivity index (χ2n) is 11.7. The number of pyridine rings is 1. The number of nitrogens with zero attached hydrogens (tertiary/aromatic N) is 4. The van der Waals surface area contributed by atoms with Crippen molar-refractivity contribution in [3.63, 3.8) is 0 Å². The number of hydrogen-bond donors (Lipinski definition) is 1. The van der Waals surface area contributed by atoms with Crippen molar-refractivity contribution in [2.45, 2.75) is 56.4 Å². The Bertz CT molecular complexity index is 1390. The molecule has 3 heterocycles. The van der Waals surface area contributed by atoms with Gasteiger partial charge in [0, 0.05) is 30.9 Å². The van der Waals surface area contributed by atoms with E-state index in [-0.39, 0.29) is 11.4 Å². The minimum atomic E-state index is -3.67. The Morgan fingerprint density at radius 1 is 0.947 bits per heavy atom. The Kier molecular flexibility index (Phi) is 5.89. The predicted molar refractivity (Wildman–Crippen MR) is 143 cm³/mol. The number of ether oxygens (including phenoxy) is 1. The molecule has 198 valence electrons. The average Bonchev–Trinajstić information content (AvgIpc) is 2.92. The monoisotopic (exact) mass is 531 g/mol. The topological polar surface area (TPSA) is 97.3 Å². The van der Waals surface area contributed by atoms with Crippen molar-refractivity contribution in [2.24, 2.45) is 23.2 Å². The number of sulfonamides is 1. The van der Waals surface area contributed by atoms with Crippen molar-refractivity contribution in [3.05, 3.63) is 66.2 Å². The van der Waals surface area contributed by atoms with E-state index in [1.807, 2.05) is 12.1 Å². The van der Waals surface area contributed by atoms with Crippen molar-refractivity contribution in [3.8, 4) is 11.6 Å². The lowest BCUT2D eigenvalue weighted by molar-refractivity contribution is -0.0444. The summed E-state index contributed by atoms with van der Waals surface area (Å²) in [6.45, 7) is 1.62. The molecule has 1 aromatic carbocycles. The predicted octanol–water partition coefficient (Wildman–Crippen LogP) is 5.04. The lowest BCUT2D eigenvalue weighted by Crippen LogP contribution is -2.49. The van der Waals surface area contributed by atoms with Crippen molar-refractivity contribution < 1.29 is 13.2 Å². The van der Waals surface area contributed by atoms with E-state index < -0.39 is 10.0 Å². The highest BCUT2D eigenvalue weighted by molar-refractivity contribution is 7.89. The van der Waals surface area contributed by atoms with E-state index in [0.717, 1.165) is 41.4 Å². The van der Waals surface area contributed by atoms with Crippen LogP contribution >= 0.6 is 0 Å². The van der Waals surface area contributed by atoms with E-state index in [9.17, 15) is 8.42 Å². The fraction of sp³-hybridized carbons (Fsp3) is 0.483. The van der Waals surface area contributed by atoms with E-state index in [2.05, 4.69) is 20.3 Å². The Morgan fingerprint density at radius 2 is 1.68 bits per heavy atom. The number of aromatic nitrogens is 3. The molecule has 8 rings (SSSR count). The molecule has 0 radical (unpaired) electrons. The first-order valence-corrected chi connectivity index (χ1v) is 15.2. The molecule has 5 aliphatic rings. The summed E-state index contributed by atoms with van der Waals surface area (Å²) in [5.41, 5.74) is 2.25. The molecule has 4 bridgehead atoms. The van der Waals surface area contributed by atoms with Gasteiger partial charge in [-0.2, -0.15) is 4.31 Å². The summed E-state index contributed by atoms with van der Waals surface area (Å²) in [6, 6.07) is 11.9. The van der Waals surface area contributed by atoms with E-state index >= 15 is 0 Å². The fourth-order valence-corrected chi connectivity index (χ4v) is 9.22. The van der Waals surface area contributed by atoms with Crippen LogP contribution in [0.3, 0.4) is 0 Å². The van der Waals surface area contributed by atoms with Crippen molar-refractivity contribution in [2.75, 3.05) is 18.4 Å². The van der Waals surface area contributed by atoms with E-state index in [1.54, 1.807) is 42.9 Å². The van der Waals surface area contributed by atoms with Crippen molar-refractivity contribution in [1.29, 1.82) is 0 Å². The number of benzene rings is 1. The van der Waals surface area contributed by atoms with Crippen LogP contribution in [0.25, 0.3) is 0 Å². The molecular formula is C29H33N5O3S. The van der Waals surface area contributed by atoms with Gasteiger partial charge in [0.2, 0.25) is 15.9 Å². The zero-order valence-corrected chi connectivity index (χ0v) is 22.2. The summed E-state index contributed by atoms with van der Waals surface area (Å²) in [6.07, 6.45) is 12.2. The molecule has 0 atom stereocenters. The lowest BCUT2D eigenvalue weighted by atomic mass is 9.49. The summed E-state index contributed by atoms with van der Waals surface area (Å²) >= 11 is 0. The molecule has 2 aromatic heterocycles. The highest BCUT2D eigenvalue weighted by Crippen LogP contribution is 2.60. The van der Waals surface area contributed by atoms with Gasteiger partial charge in [-0.15, -0.1) is 0 Å². The van der Waals surface area contributed by atoms with Crippen molar-refractivity contribution in [1.82, 2.24) is 19.3 Å². The van der Waals surface area contributed by atoms with Gasteiger partial charge in [0.1, 0.15) is 17.9 Å². The highest BCUT2D eigenvalue weighted by atomic mass is 32.2. The molecule has 0 spiro atoms. The van der Waals surface area contributed by atoms with Crippen LogP contribution in [-0.4, -0.2) is 40.8 Å². The van der Waals surface area contributed by atoms with Crippen LogP contribution in [0.2, 0.25) is 0 Å². The zero-order valence-electron chi connectivity index (χ0n) is 21.4. The molecular weight excluding hydrogens is 498 g/mol. The quantitative estimate of drug-likeness (QED) is 0.456. The van der Waals surface area contributed by atoms with Crippen LogP contribution in [0.15, 0.2) is 59.9 Å². The maximum Gasteiger partial charge on any atom is 0.243 e. The first kappa shape index (κ1) is 24.0. The Labute approximate surface area is 223 Å². The highest BCUT2D eigenvalue weighted by Gasteiger charge is 2.50. The van der Waals surface area contributed by atoms with Crippen LogP contribution in [0, 0.1) is 23.2 Å². The number of nitrogens with one attached hydrogen (secondary N) is 1. The minimum absolute atomic E-state index is 0.239. The van der Waals surface area contributed by atoms with Gasteiger partial charge in [0.25, 0.3) is 0 Å². The summed E-state index contributed by atoms with van der Waals surface area (Å²) in [5, 5.41) is 3.70. The SMILES string of the molecule is O=S(=O)(c1ccc(Oc2ccccn2)cc1)N1CCc2c(ncnc2NCC23CC4CC(CC(C4)C2)C3)C1. The second kappa shape index (κ2) is 9.31. The Balaban J connectivity index is 1.04. The van der Waals surface area contributed by atoms with Gasteiger partial charge < -0.3 is 10.1 Å². The van der Waals surface area contributed by atoms with E-state index in [4.69, 9.17) is 4.74 Å². The summed E-state index contributed by atoms with van der Waals surface area (Å²) in [4.78, 5) is 13.5. The summed E-state index contributed by atoms with van der Waals surface area (Å²) in [7, 11) is -3.67. The van der Waals surface area contributed by atoms with Gasteiger partial charge in [-0.05, 0) is 98.4 Å². The van der Waals surface area contributed by atoms with Gasteiger partial charge in [0.15, 0.2) is 0 Å². The number of anilines is 1. The molecule has 0 amide bonds. The molecule has 8 nitrogen and oxygen atoms in total.